The third-order valence-electron chi connectivity index (χ3n) is 3.35. The molecule has 2 aromatic carbocycles. The highest BCUT2D eigenvalue weighted by Gasteiger charge is 2.19. The van der Waals surface area contributed by atoms with Gasteiger partial charge in [0.05, 0.1) is 6.21 Å². The van der Waals surface area contributed by atoms with Crippen LogP contribution in [-0.4, -0.2) is 29.2 Å². The number of carbonyl (C=O) groups is 2. The van der Waals surface area contributed by atoms with Gasteiger partial charge in [0.25, 0.3) is 5.91 Å². The summed E-state index contributed by atoms with van der Waals surface area (Å²) in [6.07, 6.45) is 1.42. The van der Waals surface area contributed by atoms with E-state index in [-0.39, 0.29) is 23.6 Å². The standard InChI is InChI=1S/C18H18FN3O3/c1-12(23)21-17(10-13-6-8-15(24)9-7-13)18(25)22-20-11-14-4-2-3-5-16(14)19/h2-9,11,17,24H,10H2,1H3,(H,21,23)(H,22,25)/b20-11-/t17-/m1/s1. The molecule has 130 valence electrons. The maximum Gasteiger partial charge on any atom is 0.262 e. The van der Waals surface area contributed by atoms with Crippen LogP contribution in [0.2, 0.25) is 0 Å². The quantitative estimate of drug-likeness (QED) is 0.551. The summed E-state index contributed by atoms with van der Waals surface area (Å²) in [5.74, 6) is -1.24. The molecule has 0 unspecified atom stereocenters. The highest BCUT2D eigenvalue weighted by atomic mass is 19.1. The second-order valence-electron chi connectivity index (χ2n) is 5.38. The van der Waals surface area contributed by atoms with Crippen LogP contribution in [-0.2, 0) is 16.0 Å². The summed E-state index contributed by atoms with van der Waals surface area (Å²) < 4.78 is 13.5. The first kappa shape index (κ1) is 18.1. The van der Waals surface area contributed by atoms with Crippen LogP contribution in [0, 0.1) is 5.82 Å². The van der Waals surface area contributed by atoms with Crippen molar-refractivity contribution in [1.29, 1.82) is 0 Å². The number of nitrogens with zero attached hydrogens (tertiary/aromatic N) is 1. The fraction of sp³-hybridized carbons (Fsp3) is 0.167. The first-order valence-corrected chi connectivity index (χ1v) is 7.58. The van der Waals surface area contributed by atoms with Gasteiger partial charge in [-0.2, -0.15) is 5.10 Å². The van der Waals surface area contributed by atoms with Crippen LogP contribution in [0.3, 0.4) is 0 Å². The summed E-state index contributed by atoms with van der Waals surface area (Å²) in [5.41, 5.74) is 3.28. The number of amides is 2. The van der Waals surface area contributed by atoms with Crippen molar-refractivity contribution in [3.05, 3.63) is 65.5 Å². The van der Waals surface area contributed by atoms with Crippen LogP contribution in [0.1, 0.15) is 18.1 Å². The number of phenols is 1. The van der Waals surface area contributed by atoms with Gasteiger partial charge in [-0.15, -0.1) is 0 Å². The van der Waals surface area contributed by atoms with E-state index in [9.17, 15) is 19.1 Å². The lowest BCUT2D eigenvalue weighted by Crippen LogP contribution is -2.46. The van der Waals surface area contributed by atoms with E-state index in [1.165, 1.54) is 37.4 Å². The highest BCUT2D eigenvalue weighted by Crippen LogP contribution is 2.11. The second-order valence-corrected chi connectivity index (χ2v) is 5.38. The van der Waals surface area contributed by atoms with Crippen LogP contribution >= 0.6 is 0 Å². The van der Waals surface area contributed by atoms with E-state index in [1.807, 2.05) is 0 Å². The van der Waals surface area contributed by atoms with Gasteiger partial charge in [-0.05, 0) is 23.8 Å². The van der Waals surface area contributed by atoms with Crippen molar-refractivity contribution in [2.75, 3.05) is 0 Å². The van der Waals surface area contributed by atoms with Crippen LogP contribution < -0.4 is 10.7 Å². The number of benzene rings is 2. The first-order valence-electron chi connectivity index (χ1n) is 7.58. The zero-order chi connectivity index (χ0) is 18.2. The van der Waals surface area contributed by atoms with Crippen molar-refractivity contribution in [3.63, 3.8) is 0 Å². The molecule has 2 aromatic rings. The van der Waals surface area contributed by atoms with Crippen LogP contribution in [0.15, 0.2) is 53.6 Å². The SMILES string of the molecule is CC(=O)N[C@H](Cc1ccc(O)cc1)C(=O)N/N=C\c1ccccc1F. The van der Waals surface area contributed by atoms with E-state index in [0.29, 0.717) is 0 Å². The van der Waals surface area contributed by atoms with Gasteiger partial charge in [0, 0.05) is 18.9 Å². The lowest BCUT2D eigenvalue weighted by molar-refractivity contribution is -0.128. The average Bonchev–Trinajstić information content (AvgIpc) is 2.57. The molecule has 0 fully saturated rings. The Labute approximate surface area is 144 Å². The minimum absolute atomic E-state index is 0.110. The van der Waals surface area contributed by atoms with Gasteiger partial charge in [-0.25, -0.2) is 9.82 Å². The van der Waals surface area contributed by atoms with Gasteiger partial charge >= 0.3 is 0 Å². The second kappa shape index (κ2) is 8.58. The fourth-order valence-electron chi connectivity index (χ4n) is 2.15. The van der Waals surface area contributed by atoms with Crippen molar-refractivity contribution >= 4 is 18.0 Å². The first-order chi connectivity index (χ1) is 12.0. The third kappa shape index (κ3) is 5.72. The number of phenolic OH excluding ortho intramolecular Hbond substituents is 1. The highest BCUT2D eigenvalue weighted by molar-refractivity contribution is 5.88. The molecule has 0 saturated heterocycles. The Kier molecular flexibility index (Phi) is 6.22. The Balaban J connectivity index is 2.03. The molecule has 0 aliphatic carbocycles. The Morgan fingerprint density at radius 3 is 2.52 bits per heavy atom. The molecule has 1 atom stereocenters. The topological polar surface area (TPSA) is 90.8 Å². The van der Waals surface area contributed by atoms with Crippen LogP contribution in [0.4, 0.5) is 4.39 Å². The Morgan fingerprint density at radius 2 is 1.88 bits per heavy atom. The van der Waals surface area contributed by atoms with Gasteiger partial charge in [-0.1, -0.05) is 30.3 Å². The summed E-state index contributed by atoms with van der Waals surface area (Å²) >= 11 is 0. The van der Waals surface area contributed by atoms with Crippen LogP contribution in [0.5, 0.6) is 5.75 Å². The summed E-state index contributed by atoms with van der Waals surface area (Å²) in [5, 5.41) is 15.6. The molecule has 0 radical (unpaired) electrons. The lowest BCUT2D eigenvalue weighted by Gasteiger charge is -2.16. The lowest BCUT2D eigenvalue weighted by atomic mass is 10.1. The number of hydrazone groups is 1. The molecule has 7 heteroatoms. The predicted molar refractivity (Wildman–Crippen MR) is 91.6 cm³/mol. The van der Waals surface area contributed by atoms with E-state index in [0.717, 1.165) is 5.56 Å². The number of rotatable bonds is 6. The third-order valence-corrected chi connectivity index (χ3v) is 3.35. The molecule has 0 aliphatic rings. The predicted octanol–water partition coefficient (Wildman–Crippen LogP) is 1.73. The van der Waals surface area contributed by atoms with Crippen molar-refractivity contribution in [2.24, 2.45) is 5.10 Å². The summed E-state index contributed by atoms with van der Waals surface area (Å²) in [7, 11) is 0. The fourth-order valence-corrected chi connectivity index (χ4v) is 2.15. The molecule has 2 rings (SSSR count). The molecular weight excluding hydrogens is 325 g/mol. The zero-order valence-electron chi connectivity index (χ0n) is 13.6. The summed E-state index contributed by atoms with van der Waals surface area (Å²) in [6.45, 7) is 1.31. The molecular formula is C18H18FN3O3. The Hall–Kier alpha value is -3.22. The van der Waals surface area contributed by atoms with Crippen molar-refractivity contribution < 1.29 is 19.1 Å². The van der Waals surface area contributed by atoms with E-state index >= 15 is 0 Å². The summed E-state index contributed by atoms with van der Waals surface area (Å²) in [4.78, 5) is 23.6. The van der Waals surface area contributed by atoms with Gasteiger partial charge in [0.15, 0.2) is 0 Å². The number of aromatic hydroxyl groups is 1. The normalized spacial score (nSPS) is 11.9. The minimum Gasteiger partial charge on any atom is -0.508 e. The summed E-state index contributed by atoms with van der Waals surface area (Å²) in [6, 6.07) is 11.5. The molecule has 0 spiro atoms. The van der Waals surface area contributed by atoms with Crippen molar-refractivity contribution in [2.45, 2.75) is 19.4 Å². The van der Waals surface area contributed by atoms with Crippen LogP contribution in [0.25, 0.3) is 0 Å². The molecule has 0 saturated carbocycles. The maximum absolute atomic E-state index is 13.5. The number of nitrogens with one attached hydrogen (secondary N) is 2. The molecule has 0 aliphatic heterocycles. The van der Waals surface area contributed by atoms with E-state index in [1.54, 1.807) is 24.3 Å². The Morgan fingerprint density at radius 1 is 1.20 bits per heavy atom. The monoisotopic (exact) mass is 343 g/mol. The molecule has 3 N–H and O–H groups in total. The number of carbonyl (C=O) groups excluding carboxylic acids is 2. The zero-order valence-corrected chi connectivity index (χ0v) is 13.6. The number of hydrogen-bond donors (Lipinski definition) is 3. The van der Waals surface area contributed by atoms with Crippen molar-refractivity contribution in [1.82, 2.24) is 10.7 Å². The smallest absolute Gasteiger partial charge is 0.262 e. The Bertz CT molecular complexity index is 775. The average molecular weight is 343 g/mol. The van der Waals surface area contributed by atoms with Crippen molar-refractivity contribution in [3.8, 4) is 5.75 Å². The number of hydrogen-bond acceptors (Lipinski definition) is 4. The van der Waals surface area contributed by atoms with Gasteiger partial charge < -0.3 is 10.4 Å². The molecule has 0 aromatic heterocycles. The van der Waals surface area contributed by atoms with Gasteiger partial charge in [0.1, 0.15) is 17.6 Å². The number of halogens is 1. The van der Waals surface area contributed by atoms with E-state index < -0.39 is 17.8 Å². The molecule has 0 heterocycles. The maximum atomic E-state index is 13.5. The van der Waals surface area contributed by atoms with Gasteiger partial charge in [-0.3, -0.25) is 9.59 Å². The van der Waals surface area contributed by atoms with Gasteiger partial charge in [0.2, 0.25) is 5.91 Å². The molecule has 25 heavy (non-hydrogen) atoms. The van der Waals surface area contributed by atoms with E-state index in [2.05, 4.69) is 15.8 Å². The minimum atomic E-state index is -0.847. The largest absolute Gasteiger partial charge is 0.508 e. The molecule has 0 bridgehead atoms. The van der Waals surface area contributed by atoms with E-state index in [4.69, 9.17) is 0 Å². The molecule has 6 nitrogen and oxygen atoms in total. The molecule has 2 amide bonds.